The Morgan fingerprint density at radius 3 is 2.32 bits per heavy atom. The van der Waals surface area contributed by atoms with Gasteiger partial charge in [0, 0.05) is 62.3 Å². The molecule has 2 aromatic carbocycles. The second-order valence-electron chi connectivity index (χ2n) is 15.2. The van der Waals surface area contributed by atoms with Gasteiger partial charge in [0.05, 0.1) is 17.3 Å². The third kappa shape index (κ3) is 6.66. The zero-order valence-electron chi connectivity index (χ0n) is 28.0. The largest absolute Gasteiger partial charge is 0.453 e. The van der Waals surface area contributed by atoms with E-state index in [1.165, 1.54) is 7.11 Å². The fourth-order valence-electron chi connectivity index (χ4n) is 9.46. The average Bonchev–Trinajstić information content (AvgIpc) is 3.81. The summed E-state index contributed by atoms with van der Waals surface area (Å²) in [5.41, 5.74) is 1.93. The summed E-state index contributed by atoms with van der Waals surface area (Å²) in [6.07, 6.45) is 6.27. The molecule has 256 valence electrons. The fourth-order valence-corrected chi connectivity index (χ4v) is 11.1. The van der Waals surface area contributed by atoms with Crippen LogP contribution in [0, 0.1) is 29.5 Å². The predicted octanol–water partition coefficient (Wildman–Crippen LogP) is 5.32. The van der Waals surface area contributed by atoms with Gasteiger partial charge in [-0.25, -0.2) is 17.6 Å². The van der Waals surface area contributed by atoms with Crippen LogP contribution in [0.2, 0.25) is 0 Å². The van der Waals surface area contributed by atoms with Crippen LogP contribution in [-0.4, -0.2) is 95.1 Å². The third-order valence-corrected chi connectivity index (χ3v) is 14.2. The first-order valence-corrected chi connectivity index (χ1v) is 19.3. The van der Waals surface area contributed by atoms with E-state index < -0.39 is 9.84 Å². The molecule has 7 rings (SSSR count). The second-order valence-corrected chi connectivity index (χ2v) is 17.4. The number of nitrogens with one attached hydrogen (secondary N) is 1. The number of benzene rings is 2. The Balaban J connectivity index is 1.03. The molecule has 5 aliphatic rings. The van der Waals surface area contributed by atoms with E-state index in [9.17, 15) is 17.6 Å². The molecule has 8 nitrogen and oxygen atoms in total. The quantitative estimate of drug-likeness (QED) is 0.348. The van der Waals surface area contributed by atoms with E-state index in [1.54, 1.807) is 24.3 Å². The number of alkyl carbamates (subject to hydrolysis) is 1. The SMILES string of the molecule is COC(=O)N[C@H]1CCC[C@@H]1[C@](CN1CC(C)C1)(c1cccc(F)c1)C1CCN(CC2CN(c3ccc(S(=O)(=O)C4CC4)cc3)C2)CC1. The standard InChI is InChI=1S/C37H51FN4O4S/c1-26-20-41(21-26)25-37(29-5-3-6-30(38)19-29,34-7-4-8-35(34)39-36(43)46-2)28-15-17-40(18-16-28)22-27-23-42(24-27)31-9-11-32(12-10-31)47(44,45)33-13-14-33/h3,5-6,9-12,19,26-28,33-35H,4,7-8,13-18,20-25H2,1-2H3,(H,39,43)/t34-,35-,37-/m0/s1. The summed E-state index contributed by atoms with van der Waals surface area (Å²) in [5.74, 6) is 1.66. The number of sulfone groups is 1. The first kappa shape index (κ1) is 32.8. The van der Waals surface area contributed by atoms with Gasteiger partial charge < -0.3 is 24.8 Å². The van der Waals surface area contributed by atoms with E-state index in [-0.39, 0.29) is 34.5 Å². The number of piperidine rings is 1. The molecule has 2 aromatic rings. The Morgan fingerprint density at radius 2 is 1.68 bits per heavy atom. The molecule has 0 bridgehead atoms. The Bertz CT molecular complexity index is 1520. The minimum absolute atomic E-state index is 0.00582. The van der Waals surface area contributed by atoms with Gasteiger partial charge in [0.1, 0.15) is 5.82 Å². The first-order valence-electron chi connectivity index (χ1n) is 17.8. The van der Waals surface area contributed by atoms with Crippen molar-refractivity contribution < 1.29 is 22.3 Å². The number of anilines is 1. The van der Waals surface area contributed by atoms with Crippen molar-refractivity contribution in [2.45, 2.75) is 73.5 Å². The molecule has 3 aliphatic heterocycles. The molecule has 1 amide bonds. The number of likely N-dealkylation sites (tertiary alicyclic amines) is 2. The lowest BCUT2D eigenvalue weighted by Gasteiger charge is -2.55. The van der Waals surface area contributed by atoms with Gasteiger partial charge in [-0.3, -0.25) is 0 Å². The molecule has 2 saturated carbocycles. The number of carbonyl (C=O) groups is 1. The van der Waals surface area contributed by atoms with Crippen LogP contribution in [0.15, 0.2) is 53.4 Å². The van der Waals surface area contributed by atoms with E-state index in [4.69, 9.17) is 4.74 Å². The van der Waals surface area contributed by atoms with Gasteiger partial charge >= 0.3 is 6.09 Å². The van der Waals surface area contributed by atoms with Crippen molar-refractivity contribution >= 4 is 21.6 Å². The van der Waals surface area contributed by atoms with Crippen LogP contribution in [0.4, 0.5) is 14.9 Å². The van der Waals surface area contributed by atoms with Crippen molar-refractivity contribution in [2.75, 3.05) is 64.4 Å². The van der Waals surface area contributed by atoms with Crippen LogP contribution < -0.4 is 10.2 Å². The van der Waals surface area contributed by atoms with Gasteiger partial charge in [-0.05, 0) is 111 Å². The number of amides is 1. The lowest BCUT2D eigenvalue weighted by Crippen LogP contribution is -2.61. The van der Waals surface area contributed by atoms with Crippen molar-refractivity contribution in [1.82, 2.24) is 15.1 Å². The van der Waals surface area contributed by atoms with Gasteiger partial charge in [-0.2, -0.15) is 0 Å². The zero-order chi connectivity index (χ0) is 32.8. The molecule has 0 aromatic heterocycles. The molecular formula is C37H51FN4O4S. The number of halogens is 1. The maximum atomic E-state index is 15.0. The molecule has 1 N–H and O–H groups in total. The third-order valence-electron chi connectivity index (χ3n) is 11.9. The summed E-state index contributed by atoms with van der Waals surface area (Å²) >= 11 is 0. The molecule has 3 heterocycles. The van der Waals surface area contributed by atoms with Gasteiger partial charge in [-0.1, -0.05) is 25.5 Å². The van der Waals surface area contributed by atoms with Crippen molar-refractivity contribution in [2.24, 2.45) is 23.7 Å². The van der Waals surface area contributed by atoms with Crippen molar-refractivity contribution in [3.05, 3.63) is 59.9 Å². The smallest absolute Gasteiger partial charge is 0.407 e. The van der Waals surface area contributed by atoms with Crippen molar-refractivity contribution in [1.29, 1.82) is 0 Å². The van der Waals surface area contributed by atoms with Gasteiger partial charge in [0.2, 0.25) is 0 Å². The molecule has 5 fully saturated rings. The van der Waals surface area contributed by atoms with E-state index in [1.807, 2.05) is 18.2 Å². The maximum absolute atomic E-state index is 15.0. The van der Waals surface area contributed by atoms with Gasteiger partial charge in [-0.15, -0.1) is 0 Å². The molecule has 0 radical (unpaired) electrons. The minimum atomic E-state index is -3.16. The molecule has 2 aliphatic carbocycles. The monoisotopic (exact) mass is 666 g/mol. The molecule has 47 heavy (non-hydrogen) atoms. The summed E-state index contributed by atoms with van der Waals surface area (Å²) in [5, 5.41) is 3.01. The molecular weight excluding hydrogens is 615 g/mol. The van der Waals surface area contributed by atoms with E-state index in [2.05, 4.69) is 33.0 Å². The number of ether oxygens (including phenoxy) is 1. The lowest BCUT2D eigenvalue weighted by molar-refractivity contribution is 0.00538. The summed E-state index contributed by atoms with van der Waals surface area (Å²) in [6.45, 7) is 10.4. The Morgan fingerprint density at radius 1 is 0.957 bits per heavy atom. The molecule has 0 spiro atoms. The topological polar surface area (TPSA) is 82.2 Å². The molecule has 0 unspecified atom stereocenters. The summed E-state index contributed by atoms with van der Waals surface area (Å²) in [7, 11) is -1.73. The normalized spacial score (nSPS) is 26.4. The first-order chi connectivity index (χ1) is 22.7. The van der Waals surface area contributed by atoms with E-state index in [0.717, 1.165) is 109 Å². The number of hydrogen-bond donors (Lipinski definition) is 1. The predicted molar refractivity (Wildman–Crippen MR) is 182 cm³/mol. The molecule has 3 atom stereocenters. The van der Waals surface area contributed by atoms with Crippen molar-refractivity contribution in [3.8, 4) is 0 Å². The highest BCUT2D eigenvalue weighted by Gasteiger charge is 2.53. The van der Waals surface area contributed by atoms with Crippen LogP contribution in [0.25, 0.3) is 0 Å². The highest BCUT2D eigenvalue weighted by Crippen LogP contribution is 2.52. The van der Waals surface area contributed by atoms with Crippen LogP contribution in [-0.2, 0) is 20.0 Å². The van der Waals surface area contributed by atoms with Gasteiger partial charge in [0.15, 0.2) is 9.84 Å². The Hall–Kier alpha value is -2.69. The van der Waals surface area contributed by atoms with Crippen molar-refractivity contribution in [3.63, 3.8) is 0 Å². The molecule has 3 saturated heterocycles. The van der Waals surface area contributed by atoms with Crippen LogP contribution in [0.1, 0.15) is 57.4 Å². The van der Waals surface area contributed by atoms with Crippen LogP contribution in [0.3, 0.4) is 0 Å². The molecule has 10 heteroatoms. The second kappa shape index (κ2) is 13.3. The van der Waals surface area contributed by atoms with Crippen LogP contribution in [0.5, 0.6) is 0 Å². The number of nitrogens with zero attached hydrogens (tertiary/aromatic N) is 3. The Kier molecular flexibility index (Phi) is 9.30. The highest BCUT2D eigenvalue weighted by atomic mass is 32.2. The summed E-state index contributed by atoms with van der Waals surface area (Å²) in [4.78, 5) is 20.5. The maximum Gasteiger partial charge on any atom is 0.407 e. The van der Waals surface area contributed by atoms with Crippen LogP contribution >= 0.6 is 0 Å². The summed E-state index contributed by atoms with van der Waals surface area (Å²) < 4.78 is 45.2. The minimum Gasteiger partial charge on any atom is -0.453 e. The fraction of sp³-hybridized carbons (Fsp3) is 0.649. The number of hydrogen-bond acceptors (Lipinski definition) is 7. The van der Waals surface area contributed by atoms with Gasteiger partial charge in [0.25, 0.3) is 0 Å². The average molecular weight is 667 g/mol. The van der Waals surface area contributed by atoms with E-state index >= 15 is 0 Å². The highest BCUT2D eigenvalue weighted by molar-refractivity contribution is 7.92. The summed E-state index contributed by atoms with van der Waals surface area (Å²) in [6, 6.07) is 14.8. The Labute approximate surface area is 279 Å². The zero-order valence-corrected chi connectivity index (χ0v) is 28.8. The number of rotatable bonds is 11. The lowest BCUT2D eigenvalue weighted by atomic mass is 9.57. The number of carbonyl (C=O) groups excluding carboxylic acids is 1. The number of methoxy groups -OCH3 is 1. The van der Waals surface area contributed by atoms with E-state index in [0.29, 0.717) is 22.6 Å².